The number of aromatic nitrogens is 2. The van der Waals surface area contributed by atoms with Crippen LogP contribution in [0, 0.1) is 0 Å². The third-order valence-electron chi connectivity index (χ3n) is 3.83. The van der Waals surface area contributed by atoms with Crippen molar-refractivity contribution in [3.05, 3.63) is 56.4 Å². The minimum absolute atomic E-state index is 0.0295. The summed E-state index contributed by atoms with van der Waals surface area (Å²) >= 11 is 12.6. The van der Waals surface area contributed by atoms with Crippen molar-refractivity contribution in [2.45, 2.75) is 19.8 Å². The van der Waals surface area contributed by atoms with Gasteiger partial charge in [0.25, 0.3) is 5.56 Å². The molecule has 0 saturated heterocycles. The minimum Gasteiger partial charge on any atom is -0.434 e. The van der Waals surface area contributed by atoms with Gasteiger partial charge in [-0.15, -0.1) is 10.2 Å². The molecular weight excluding hydrogens is 407 g/mol. The average molecular weight is 423 g/mol. The maximum absolute atomic E-state index is 12.1. The Labute approximate surface area is 169 Å². The van der Waals surface area contributed by atoms with Gasteiger partial charge in [0.2, 0.25) is 5.88 Å². The average Bonchev–Trinajstić information content (AvgIpc) is 2.62. The number of carbonyl (C=O) groups excluding carboxylic acids is 1. The number of amides is 2. The summed E-state index contributed by atoms with van der Waals surface area (Å²) in [7, 11) is 0. The zero-order valence-electron chi connectivity index (χ0n) is 14.9. The van der Waals surface area contributed by atoms with Crippen LogP contribution in [0.15, 0.2) is 40.4 Å². The molecule has 1 aliphatic heterocycles. The molecule has 0 atom stereocenters. The van der Waals surface area contributed by atoms with E-state index < -0.39 is 6.03 Å². The number of hydrogen-bond donors (Lipinski definition) is 3. The summed E-state index contributed by atoms with van der Waals surface area (Å²) in [5.41, 5.74) is 6.36. The van der Waals surface area contributed by atoms with E-state index in [0.29, 0.717) is 5.56 Å². The van der Waals surface area contributed by atoms with Gasteiger partial charge in [-0.2, -0.15) is 5.01 Å². The first-order valence-corrected chi connectivity index (χ1v) is 8.84. The number of nitrogens with zero attached hydrogens (tertiary/aromatic N) is 3. The van der Waals surface area contributed by atoms with Crippen LogP contribution in [0.4, 0.5) is 10.5 Å². The van der Waals surface area contributed by atoms with Crippen molar-refractivity contribution in [3.8, 4) is 11.6 Å². The summed E-state index contributed by atoms with van der Waals surface area (Å²) in [4.78, 5) is 23.9. The lowest BCUT2D eigenvalue weighted by Gasteiger charge is -2.24. The minimum atomic E-state index is -0.566. The van der Waals surface area contributed by atoms with E-state index >= 15 is 0 Å². The number of aromatic amines is 1. The second-order valence-electron chi connectivity index (χ2n) is 6.19. The maximum Gasteiger partial charge on any atom is 0.347 e. The highest BCUT2D eigenvalue weighted by Crippen LogP contribution is 2.39. The highest BCUT2D eigenvalue weighted by molar-refractivity contribution is 6.37. The Kier molecular flexibility index (Phi) is 5.30. The molecule has 28 heavy (non-hydrogen) atoms. The van der Waals surface area contributed by atoms with Crippen LogP contribution >= 0.6 is 23.2 Å². The Balaban J connectivity index is 1.95. The summed E-state index contributed by atoms with van der Waals surface area (Å²) in [6, 6.07) is 3.81. The number of amidine groups is 1. The van der Waals surface area contributed by atoms with Crippen molar-refractivity contribution in [2.75, 3.05) is 5.01 Å². The molecule has 11 heteroatoms. The van der Waals surface area contributed by atoms with Crippen LogP contribution in [0.25, 0.3) is 0 Å². The largest absolute Gasteiger partial charge is 0.434 e. The Hall–Kier alpha value is -3.04. The number of nitrogens with two attached hydrogens (primary N) is 1. The molecule has 3 rings (SSSR count). The van der Waals surface area contributed by atoms with Crippen LogP contribution < -0.4 is 26.4 Å². The lowest BCUT2D eigenvalue weighted by molar-refractivity contribution is 0.248. The summed E-state index contributed by atoms with van der Waals surface area (Å²) in [5.74, 6) is 0.248. The summed E-state index contributed by atoms with van der Waals surface area (Å²) in [5, 5.41) is 13.8. The van der Waals surface area contributed by atoms with Crippen LogP contribution in [0.5, 0.6) is 11.6 Å². The predicted octanol–water partition coefficient (Wildman–Crippen LogP) is 3.31. The van der Waals surface area contributed by atoms with Crippen LogP contribution in [0.2, 0.25) is 10.0 Å². The number of halogens is 2. The van der Waals surface area contributed by atoms with E-state index in [1.807, 2.05) is 13.8 Å². The molecule has 146 valence electrons. The standard InChI is InChI=1S/C17H16Cl2N6O3/c1-7(2)10-6-13(22-23-16(10)26)28-14-11(18)4-9(5-12(14)19)25-17(27)21-8(3)15(20)24-25/h4-7H,3H2,1-2H3,(H2,20,24)(H,21,27)(H,23,26). The van der Waals surface area contributed by atoms with Gasteiger partial charge >= 0.3 is 6.03 Å². The van der Waals surface area contributed by atoms with E-state index in [-0.39, 0.29) is 50.4 Å². The third-order valence-corrected chi connectivity index (χ3v) is 4.39. The molecule has 0 saturated carbocycles. The molecule has 0 spiro atoms. The van der Waals surface area contributed by atoms with E-state index in [9.17, 15) is 9.59 Å². The molecule has 9 nitrogen and oxygen atoms in total. The Morgan fingerprint density at radius 1 is 1.21 bits per heavy atom. The van der Waals surface area contributed by atoms with Crippen molar-refractivity contribution in [1.29, 1.82) is 0 Å². The number of hydrazone groups is 1. The van der Waals surface area contributed by atoms with E-state index in [4.69, 9.17) is 33.7 Å². The van der Waals surface area contributed by atoms with E-state index in [0.717, 1.165) is 5.01 Å². The van der Waals surface area contributed by atoms with E-state index in [1.54, 1.807) is 0 Å². The summed E-state index contributed by atoms with van der Waals surface area (Å²) < 4.78 is 5.65. The lowest BCUT2D eigenvalue weighted by Crippen LogP contribution is -2.45. The number of rotatable bonds is 4. The zero-order valence-corrected chi connectivity index (χ0v) is 16.4. The second-order valence-corrected chi connectivity index (χ2v) is 7.01. The first-order valence-electron chi connectivity index (χ1n) is 8.08. The molecule has 0 unspecified atom stereocenters. The van der Waals surface area contributed by atoms with Crippen LogP contribution in [-0.2, 0) is 0 Å². The van der Waals surface area contributed by atoms with Crippen molar-refractivity contribution in [1.82, 2.24) is 15.5 Å². The van der Waals surface area contributed by atoms with E-state index in [1.165, 1.54) is 18.2 Å². The van der Waals surface area contributed by atoms with Gasteiger partial charge in [0.05, 0.1) is 21.4 Å². The van der Waals surface area contributed by atoms with Gasteiger partial charge in [-0.05, 0) is 18.1 Å². The first-order chi connectivity index (χ1) is 13.2. The molecule has 2 heterocycles. The van der Waals surface area contributed by atoms with Gasteiger partial charge in [-0.25, -0.2) is 9.89 Å². The van der Waals surface area contributed by atoms with Crippen LogP contribution in [-0.4, -0.2) is 22.1 Å². The van der Waals surface area contributed by atoms with Gasteiger partial charge in [-0.1, -0.05) is 43.6 Å². The van der Waals surface area contributed by atoms with Gasteiger partial charge in [-0.3, -0.25) is 4.79 Å². The molecule has 0 radical (unpaired) electrons. The van der Waals surface area contributed by atoms with Gasteiger partial charge in [0.1, 0.15) is 0 Å². The number of benzene rings is 1. The fraction of sp³-hybridized carbons (Fsp3) is 0.176. The number of nitrogens with one attached hydrogen (secondary N) is 2. The predicted molar refractivity (Wildman–Crippen MR) is 107 cm³/mol. The van der Waals surface area contributed by atoms with Gasteiger partial charge in [0.15, 0.2) is 11.6 Å². The number of anilines is 1. The molecule has 2 aromatic rings. The highest BCUT2D eigenvalue weighted by atomic mass is 35.5. The van der Waals surface area contributed by atoms with Gasteiger partial charge < -0.3 is 15.8 Å². The molecular formula is C17H16Cl2N6O3. The lowest BCUT2D eigenvalue weighted by atomic mass is 10.1. The SMILES string of the molecule is C=C1NC(=O)N(c2cc(Cl)c(Oc3cc(C(C)C)c(=O)[nH]n3)c(Cl)c2)N=C1N. The number of urea groups is 1. The number of hydrogen-bond acceptors (Lipinski definition) is 6. The molecule has 0 aliphatic carbocycles. The fourth-order valence-electron chi connectivity index (χ4n) is 2.39. The van der Waals surface area contributed by atoms with Crippen LogP contribution in [0.1, 0.15) is 25.3 Å². The van der Waals surface area contributed by atoms with Gasteiger partial charge in [0, 0.05) is 11.6 Å². The smallest absolute Gasteiger partial charge is 0.347 e. The van der Waals surface area contributed by atoms with Crippen molar-refractivity contribution in [3.63, 3.8) is 0 Å². The Bertz CT molecular complexity index is 1040. The normalized spacial score (nSPS) is 14.2. The maximum atomic E-state index is 12.1. The molecule has 4 N–H and O–H groups in total. The molecule has 1 aromatic heterocycles. The quantitative estimate of drug-likeness (QED) is 0.696. The molecule has 1 aromatic carbocycles. The topological polar surface area (TPSA) is 126 Å². The number of ether oxygens (including phenoxy) is 1. The zero-order chi connectivity index (χ0) is 20.6. The number of carbonyl (C=O) groups is 1. The second kappa shape index (κ2) is 7.53. The monoisotopic (exact) mass is 422 g/mol. The number of H-pyrrole nitrogens is 1. The van der Waals surface area contributed by atoms with Crippen LogP contribution in [0.3, 0.4) is 0 Å². The Morgan fingerprint density at radius 3 is 2.46 bits per heavy atom. The first kappa shape index (κ1) is 19.7. The summed E-state index contributed by atoms with van der Waals surface area (Å²) in [6.45, 7) is 7.31. The Morgan fingerprint density at radius 2 is 1.86 bits per heavy atom. The summed E-state index contributed by atoms with van der Waals surface area (Å²) in [6.07, 6.45) is 0. The highest BCUT2D eigenvalue weighted by Gasteiger charge is 2.25. The molecule has 2 amide bonds. The molecule has 1 aliphatic rings. The van der Waals surface area contributed by atoms with Crippen molar-refractivity contribution in [2.24, 2.45) is 10.8 Å². The molecule has 0 bridgehead atoms. The van der Waals surface area contributed by atoms with E-state index in [2.05, 4.69) is 27.2 Å². The molecule has 0 fully saturated rings. The third kappa shape index (κ3) is 3.80. The fourth-order valence-corrected chi connectivity index (χ4v) is 2.94. The van der Waals surface area contributed by atoms with Crippen molar-refractivity contribution < 1.29 is 9.53 Å². The van der Waals surface area contributed by atoms with Crippen molar-refractivity contribution >= 4 is 40.8 Å².